The zero-order chi connectivity index (χ0) is 28.4. The molecule has 0 atom stereocenters. The highest BCUT2D eigenvalue weighted by atomic mass is 35.5. The van der Waals surface area contributed by atoms with Gasteiger partial charge in [0.05, 0.1) is 40.4 Å². The summed E-state index contributed by atoms with van der Waals surface area (Å²) in [5.74, 6) is 1.83. The maximum absolute atomic E-state index is 12.7. The van der Waals surface area contributed by atoms with Gasteiger partial charge < -0.3 is 34.9 Å². The number of anilines is 4. The number of carbonyl (C=O) groups excluding carboxylic acids is 1. The molecule has 15 heteroatoms. The lowest BCUT2D eigenvalue weighted by atomic mass is 10.2. The topological polar surface area (TPSA) is 162 Å². The summed E-state index contributed by atoms with van der Waals surface area (Å²) in [4.78, 5) is 19.1. The Bertz CT molecular complexity index is 1380. The zero-order valence-electron chi connectivity index (χ0n) is 21.7. The van der Waals surface area contributed by atoms with Gasteiger partial charge in [0.2, 0.25) is 28.1 Å². The van der Waals surface area contributed by atoms with Crippen molar-refractivity contribution in [3.8, 4) is 23.0 Å². The van der Waals surface area contributed by atoms with Gasteiger partial charge in [0.25, 0.3) is 0 Å². The number of methoxy groups -OCH3 is 4. The van der Waals surface area contributed by atoms with Crippen molar-refractivity contribution in [3.05, 3.63) is 47.1 Å². The molecule has 0 bridgehead atoms. The molecule has 0 spiro atoms. The third-order valence-corrected chi connectivity index (χ3v) is 6.86. The quantitative estimate of drug-likeness (QED) is 0.154. The van der Waals surface area contributed by atoms with Crippen LogP contribution in [0.25, 0.3) is 0 Å². The lowest BCUT2D eigenvalue weighted by Gasteiger charge is -2.16. The van der Waals surface area contributed by atoms with E-state index in [4.69, 9.17) is 30.5 Å². The summed E-state index contributed by atoms with van der Waals surface area (Å²) in [7, 11) is 2.25. The largest absolute Gasteiger partial charge is 0.497 e. The first kappa shape index (κ1) is 29.5. The molecule has 0 aliphatic carbocycles. The van der Waals surface area contributed by atoms with Crippen LogP contribution in [0.2, 0.25) is 5.02 Å². The molecule has 0 saturated heterocycles. The van der Waals surface area contributed by atoms with Crippen LogP contribution in [-0.4, -0.2) is 66.3 Å². The normalized spacial score (nSPS) is 10.9. The number of hydrogen-bond acceptors (Lipinski definition) is 11. The van der Waals surface area contributed by atoms with Crippen LogP contribution in [0.15, 0.2) is 36.5 Å². The minimum Gasteiger partial charge on any atom is -0.497 e. The fourth-order valence-electron chi connectivity index (χ4n) is 3.46. The van der Waals surface area contributed by atoms with Crippen molar-refractivity contribution in [2.24, 2.45) is 0 Å². The Morgan fingerprint density at radius 1 is 0.949 bits per heavy atom. The van der Waals surface area contributed by atoms with Gasteiger partial charge in [0.1, 0.15) is 10.8 Å². The first-order valence-electron chi connectivity index (χ1n) is 11.4. The summed E-state index contributed by atoms with van der Waals surface area (Å²) in [6.45, 7) is 0.200. The molecule has 0 aliphatic rings. The average molecular weight is 581 g/mol. The van der Waals surface area contributed by atoms with Crippen molar-refractivity contribution in [2.75, 3.05) is 52.2 Å². The SMILES string of the molecule is COc1ccc(Nc2nc(Nc3cc(OC)c(OC)c(OC)c3)ncc2Cl)c(CS(=O)(=O)NCCNC=O)c1. The smallest absolute Gasteiger partial charge is 0.229 e. The number of sulfonamides is 1. The molecule has 0 saturated carbocycles. The minimum atomic E-state index is -3.75. The highest BCUT2D eigenvalue weighted by molar-refractivity contribution is 7.88. The van der Waals surface area contributed by atoms with E-state index in [1.54, 1.807) is 30.3 Å². The lowest BCUT2D eigenvalue weighted by molar-refractivity contribution is -0.109. The van der Waals surface area contributed by atoms with Gasteiger partial charge in [-0.05, 0) is 23.8 Å². The maximum atomic E-state index is 12.7. The first-order valence-corrected chi connectivity index (χ1v) is 13.4. The van der Waals surface area contributed by atoms with Gasteiger partial charge in [-0.3, -0.25) is 4.79 Å². The molecule has 0 aliphatic heterocycles. The molecular formula is C24H29ClN6O7S. The number of benzene rings is 2. The molecule has 1 aromatic heterocycles. The van der Waals surface area contributed by atoms with E-state index < -0.39 is 10.0 Å². The van der Waals surface area contributed by atoms with Crippen molar-refractivity contribution in [2.45, 2.75) is 5.75 Å². The summed E-state index contributed by atoms with van der Waals surface area (Å²) in [6.07, 6.45) is 1.90. The van der Waals surface area contributed by atoms with E-state index in [9.17, 15) is 13.2 Å². The second-order valence-electron chi connectivity index (χ2n) is 7.80. The van der Waals surface area contributed by atoms with Crippen molar-refractivity contribution in [3.63, 3.8) is 0 Å². The molecule has 3 rings (SSSR count). The number of hydrogen-bond donors (Lipinski definition) is 4. The van der Waals surface area contributed by atoms with Gasteiger partial charge in [-0.2, -0.15) is 4.98 Å². The predicted molar refractivity (Wildman–Crippen MR) is 147 cm³/mol. The summed E-state index contributed by atoms with van der Waals surface area (Å²) in [6, 6.07) is 8.30. The van der Waals surface area contributed by atoms with E-state index in [1.807, 2.05) is 0 Å². The van der Waals surface area contributed by atoms with Gasteiger partial charge in [-0.1, -0.05) is 11.6 Å². The molecule has 39 heavy (non-hydrogen) atoms. The van der Waals surface area contributed by atoms with E-state index in [-0.39, 0.29) is 35.6 Å². The van der Waals surface area contributed by atoms with Gasteiger partial charge in [-0.25, -0.2) is 18.1 Å². The number of carbonyl (C=O) groups is 1. The molecule has 0 unspecified atom stereocenters. The summed E-state index contributed by atoms with van der Waals surface area (Å²) < 4.78 is 49.1. The van der Waals surface area contributed by atoms with Crippen LogP contribution < -0.4 is 39.6 Å². The van der Waals surface area contributed by atoms with E-state index in [1.165, 1.54) is 34.6 Å². The average Bonchev–Trinajstić information content (AvgIpc) is 2.93. The van der Waals surface area contributed by atoms with Crippen LogP contribution in [-0.2, 0) is 20.6 Å². The fourth-order valence-corrected chi connectivity index (χ4v) is 4.76. The number of aromatic nitrogens is 2. The lowest BCUT2D eigenvalue weighted by Crippen LogP contribution is -2.32. The number of ether oxygens (including phenoxy) is 4. The number of nitrogens with zero attached hydrogens (tertiary/aromatic N) is 2. The van der Waals surface area contributed by atoms with Crippen LogP contribution in [0.3, 0.4) is 0 Å². The molecule has 1 heterocycles. The summed E-state index contributed by atoms with van der Waals surface area (Å²) in [5, 5.41) is 8.75. The number of amides is 1. The van der Waals surface area contributed by atoms with Crippen LogP contribution in [0.4, 0.5) is 23.1 Å². The Hall–Kier alpha value is -4.01. The Morgan fingerprint density at radius 2 is 1.67 bits per heavy atom. The van der Waals surface area contributed by atoms with Crippen molar-refractivity contribution in [1.29, 1.82) is 0 Å². The number of nitrogens with one attached hydrogen (secondary N) is 4. The van der Waals surface area contributed by atoms with Gasteiger partial charge >= 0.3 is 0 Å². The van der Waals surface area contributed by atoms with Crippen LogP contribution in [0.5, 0.6) is 23.0 Å². The van der Waals surface area contributed by atoms with Crippen molar-refractivity contribution < 1.29 is 32.2 Å². The summed E-state index contributed by atoms with van der Waals surface area (Å²) >= 11 is 6.36. The molecule has 2 aromatic carbocycles. The first-order chi connectivity index (χ1) is 18.7. The van der Waals surface area contributed by atoms with Gasteiger partial charge in [0, 0.05) is 36.6 Å². The van der Waals surface area contributed by atoms with Gasteiger partial charge in [0.15, 0.2) is 17.3 Å². The standard InChI is InChI=1S/C24H29ClN6O7S/c1-35-17-5-6-19(15(9-17)13-39(33,34)28-8-7-26-14-32)30-23-18(25)12-27-24(31-23)29-16-10-20(36-2)22(38-4)21(11-16)37-3/h5-6,9-12,14,28H,7-8,13H2,1-4H3,(H,26,32)(H2,27,29,30,31). The fraction of sp³-hybridized carbons (Fsp3) is 0.292. The highest BCUT2D eigenvalue weighted by Gasteiger charge is 2.18. The second kappa shape index (κ2) is 13.7. The minimum absolute atomic E-state index is 0.0432. The van der Waals surface area contributed by atoms with E-state index in [2.05, 4.69) is 30.6 Å². The van der Waals surface area contributed by atoms with Crippen LogP contribution in [0, 0.1) is 0 Å². The van der Waals surface area contributed by atoms with Crippen molar-refractivity contribution in [1.82, 2.24) is 20.0 Å². The molecule has 1 amide bonds. The molecular weight excluding hydrogens is 552 g/mol. The predicted octanol–water partition coefficient (Wildman–Crippen LogP) is 2.82. The monoisotopic (exact) mass is 580 g/mol. The molecule has 0 radical (unpaired) electrons. The number of rotatable bonds is 15. The van der Waals surface area contributed by atoms with Gasteiger partial charge in [-0.15, -0.1) is 0 Å². The molecule has 3 aromatic rings. The van der Waals surface area contributed by atoms with E-state index in [0.29, 0.717) is 46.3 Å². The Balaban J connectivity index is 1.88. The zero-order valence-corrected chi connectivity index (χ0v) is 23.3. The Morgan fingerprint density at radius 3 is 2.28 bits per heavy atom. The molecule has 13 nitrogen and oxygen atoms in total. The van der Waals surface area contributed by atoms with Crippen LogP contribution >= 0.6 is 11.6 Å². The molecule has 210 valence electrons. The molecule has 0 fully saturated rings. The maximum Gasteiger partial charge on any atom is 0.229 e. The van der Waals surface area contributed by atoms with Crippen molar-refractivity contribution >= 4 is 51.2 Å². The van der Waals surface area contributed by atoms with E-state index >= 15 is 0 Å². The van der Waals surface area contributed by atoms with Crippen LogP contribution in [0.1, 0.15) is 5.56 Å². The number of halogens is 1. The Labute approximate surface area is 231 Å². The summed E-state index contributed by atoms with van der Waals surface area (Å²) in [5.41, 5.74) is 1.40. The van der Waals surface area contributed by atoms with E-state index in [0.717, 1.165) is 0 Å². The molecule has 4 N–H and O–H groups in total. The second-order valence-corrected chi connectivity index (χ2v) is 10.0. The third-order valence-electron chi connectivity index (χ3n) is 5.25. The highest BCUT2D eigenvalue weighted by Crippen LogP contribution is 2.40. The Kier molecular flexibility index (Phi) is 10.4. The third kappa shape index (κ3) is 7.99.